The van der Waals surface area contributed by atoms with Crippen LogP contribution in [0.2, 0.25) is 0 Å². The van der Waals surface area contributed by atoms with Crippen molar-refractivity contribution in [2.24, 2.45) is 5.73 Å². The van der Waals surface area contributed by atoms with E-state index >= 15 is 0 Å². The molecule has 0 unspecified atom stereocenters. The first-order valence-corrected chi connectivity index (χ1v) is 7.10. The Balaban J connectivity index is 2.40. The summed E-state index contributed by atoms with van der Waals surface area (Å²) in [5.74, 6) is -0.210. The maximum Gasteiger partial charge on any atom is 0.137 e. The molecule has 0 aliphatic heterocycles. The van der Waals surface area contributed by atoms with E-state index in [4.69, 9.17) is 5.73 Å². The molecule has 19 heavy (non-hydrogen) atoms. The third-order valence-electron chi connectivity index (χ3n) is 3.19. The van der Waals surface area contributed by atoms with E-state index < -0.39 is 0 Å². The third kappa shape index (κ3) is 3.17. The van der Waals surface area contributed by atoms with Crippen molar-refractivity contribution in [2.75, 3.05) is 0 Å². The Morgan fingerprint density at radius 1 is 1.11 bits per heavy atom. The Morgan fingerprint density at radius 3 is 2.47 bits per heavy atom. The number of hydrogen-bond acceptors (Lipinski definition) is 2. The molecule has 0 aliphatic rings. The highest BCUT2D eigenvalue weighted by molar-refractivity contribution is 7.99. The van der Waals surface area contributed by atoms with Crippen LogP contribution in [0, 0.1) is 19.7 Å². The van der Waals surface area contributed by atoms with E-state index in [1.165, 1.54) is 29.0 Å². The monoisotopic (exact) mass is 275 g/mol. The molecule has 2 rings (SSSR count). The van der Waals surface area contributed by atoms with Gasteiger partial charge >= 0.3 is 0 Å². The Bertz CT molecular complexity index is 593. The molecule has 0 heterocycles. The number of halogens is 1. The van der Waals surface area contributed by atoms with E-state index in [0.29, 0.717) is 4.90 Å². The number of hydrogen-bond donors (Lipinski definition) is 1. The molecule has 100 valence electrons. The minimum Gasteiger partial charge on any atom is -0.324 e. The quantitative estimate of drug-likeness (QED) is 0.885. The molecular weight excluding hydrogens is 257 g/mol. The van der Waals surface area contributed by atoms with Crippen molar-refractivity contribution in [3.8, 4) is 0 Å². The van der Waals surface area contributed by atoms with E-state index in [1.54, 1.807) is 6.07 Å². The van der Waals surface area contributed by atoms with Crippen LogP contribution in [0.5, 0.6) is 0 Å². The highest BCUT2D eigenvalue weighted by Crippen LogP contribution is 2.35. The number of nitrogens with two attached hydrogens (primary N) is 1. The first kappa shape index (κ1) is 14.1. The third-order valence-corrected chi connectivity index (χ3v) is 4.31. The van der Waals surface area contributed by atoms with Crippen molar-refractivity contribution in [3.63, 3.8) is 0 Å². The minimum atomic E-state index is -0.210. The smallest absolute Gasteiger partial charge is 0.137 e. The van der Waals surface area contributed by atoms with E-state index in [1.807, 2.05) is 19.1 Å². The van der Waals surface area contributed by atoms with Gasteiger partial charge in [0.1, 0.15) is 5.82 Å². The molecule has 0 amide bonds. The highest BCUT2D eigenvalue weighted by atomic mass is 32.2. The Morgan fingerprint density at radius 2 is 1.84 bits per heavy atom. The maximum atomic E-state index is 14.0. The van der Waals surface area contributed by atoms with Gasteiger partial charge in [-0.05, 0) is 55.7 Å². The molecule has 1 atom stereocenters. The van der Waals surface area contributed by atoms with Crippen LogP contribution in [0.25, 0.3) is 0 Å². The van der Waals surface area contributed by atoms with Gasteiger partial charge in [0, 0.05) is 10.9 Å². The Labute approximate surface area is 118 Å². The predicted octanol–water partition coefficient (Wildman–Crippen LogP) is 4.61. The van der Waals surface area contributed by atoms with Crippen molar-refractivity contribution >= 4 is 11.8 Å². The van der Waals surface area contributed by atoms with Crippen molar-refractivity contribution in [1.82, 2.24) is 0 Å². The van der Waals surface area contributed by atoms with Crippen LogP contribution in [0.3, 0.4) is 0 Å². The molecule has 0 bridgehead atoms. The van der Waals surface area contributed by atoms with Crippen molar-refractivity contribution in [2.45, 2.75) is 36.6 Å². The fourth-order valence-electron chi connectivity index (χ4n) is 1.89. The minimum absolute atomic E-state index is 0.176. The topological polar surface area (TPSA) is 26.0 Å². The van der Waals surface area contributed by atoms with Crippen LogP contribution >= 0.6 is 11.8 Å². The summed E-state index contributed by atoms with van der Waals surface area (Å²) in [4.78, 5) is 1.66. The summed E-state index contributed by atoms with van der Waals surface area (Å²) < 4.78 is 14.0. The van der Waals surface area contributed by atoms with E-state index in [9.17, 15) is 4.39 Å². The number of aryl methyl sites for hydroxylation is 2. The molecule has 2 N–H and O–H groups in total. The summed E-state index contributed by atoms with van der Waals surface area (Å²) in [6, 6.07) is 11.1. The van der Waals surface area contributed by atoms with Gasteiger partial charge in [-0.2, -0.15) is 0 Å². The average Bonchev–Trinajstić information content (AvgIpc) is 2.36. The summed E-state index contributed by atoms with van der Waals surface area (Å²) in [6.45, 7) is 6.01. The Hall–Kier alpha value is -1.32. The lowest BCUT2D eigenvalue weighted by Crippen LogP contribution is -2.07. The standard InChI is InChI=1S/C16H18FNS/c1-10-7-8-13(9-11(10)2)19-16-14(12(3)18)5-4-6-15(16)17/h4-9,12H,18H2,1-3H3/t12-/m1/s1. The molecule has 0 fully saturated rings. The molecule has 2 aromatic carbocycles. The molecule has 0 aliphatic carbocycles. The summed E-state index contributed by atoms with van der Waals surface area (Å²) in [6.07, 6.45) is 0. The molecule has 2 aromatic rings. The first-order valence-electron chi connectivity index (χ1n) is 6.28. The van der Waals surface area contributed by atoms with Gasteiger partial charge in [0.25, 0.3) is 0 Å². The molecule has 0 saturated heterocycles. The SMILES string of the molecule is Cc1ccc(Sc2c(F)cccc2[C@@H](C)N)cc1C. The van der Waals surface area contributed by atoms with E-state index in [0.717, 1.165) is 10.5 Å². The lowest BCUT2D eigenvalue weighted by Gasteiger charge is -2.13. The van der Waals surface area contributed by atoms with Crippen molar-refractivity contribution in [1.29, 1.82) is 0 Å². The van der Waals surface area contributed by atoms with Crippen molar-refractivity contribution < 1.29 is 4.39 Å². The van der Waals surface area contributed by atoms with Gasteiger partial charge in [-0.25, -0.2) is 4.39 Å². The largest absolute Gasteiger partial charge is 0.324 e. The zero-order valence-corrected chi connectivity index (χ0v) is 12.2. The summed E-state index contributed by atoms with van der Waals surface area (Å²) in [7, 11) is 0. The summed E-state index contributed by atoms with van der Waals surface area (Å²) in [5.41, 5.74) is 9.21. The molecule has 3 heteroatoms. The highest BCUT2D eigenvalue weighted by Gasteiger charge is 2.13. The second-order valence-electron chi connectivity index (χ2n) is 4.79. The molecule has 1 nitrogen and oxygen atoms in total. The van der Waals surface area contributed by atoms with Crippen LogP contribution < -0.4 is 5.73 Å². The lowest BCUT2D eigenvalue weighted by molar-refractivity contribution is 0.591. The van der Waals surface area contributed by atoms with Crippen LogP contribution in [0.4, 0.5) is 4.39 Å². The zero-order chi connectivity index (χ0) is 14.0. The number of rotatable bonds is 3. The molecule has 0 aromatic heterocycles. The molecule has 0 spiro atoms. The Kier molecular flexibility index (Phi) is 4.27. The fourth-order valence-corrected chi connectivity index (χ4v) is 3.03. The first-order chi connectivity index (χ1) is 8.99. The van der Waals surface area contributed by atoms with Crippen LogP contribution in [-0.2, 0) is 0 Å². The van der Waals surface area contributed by atoms with E-state index in [2.05, 4.69) is 26.0 Å². The van der Waals surface area contributed by atoms with Gasteiger partial charge in [-0.1, -0.05) is 30.0 Å². The van der Waals surface area contributed by atoms with E-state index in [-0.39, 0.29) is 11.9 Å². The van der Waals surface area contributed by atoms with Gasteiger partial charge < -0.3 is 5.73 Å². The van der Waals surface area contributed by atoms with Crippen LogP contribution in [0.15, 0.2) is 46.2 Å². The fraction of sp³-hybridized carbons (Fsp3) is 0.250. The van der Waals surface area contributed by atoms with Gasteiger partial charge in [0.2, 0.25) is 0 Å². The van der Waals surface area contributed by atoms with Gasteiger partial charge in [-0.15, -0.1) is 0 Å². The zero-order valence-electron chi connectivity index (χ0n) is 11.4. The van der Waals surface area contributed by atoms with Crippen LogP contribution in [0.1, 0.15) is 29.7 Å². The normalized spacial score (nSPS) is 12.5. The van der Waals surface area contributed by atoms with Gasteiger partial charge in [0.05, 0.1) is 4.90 Å². The molecular formula is C16H18FNS. The second-order valence-corrected chi connectivity index (χ2v) is 5.88. The molecule has 0 radical (unpaired) electrons. The van der Waals surface area contributed by atoms with Gasteiger partial charge in [0.15, 0.2) is 0 Å². The summed E-state index contributed by atoms with van der Waals surface area (Å²) >= 11 is 1.44. The lowest BCUT2D eigenvalue weighted by atomic mass is 10.1. The maximum absolute atomic E-state index is 14.0. The molecule has 0 saturated carbocycles. The average molecular weight is 275 g/mol. The second kappa shape index (κ2) is 5.76. The van der Waals surface area contributed by atoms with Crippen LogP contribution in [-0.4, -0.2) is 0 Å². The van der Waals surface area contributed by atoms with Crippen molar-refractivity contribution in [3.05, 3.63) is 58.9 Å². The summed E-state index contributed by atoms with van der Waals surface area (Å²) in [5, 5.41) is 0. The predicted molar refractivity (Wildman–Crippen MR) is 79.0 cm³/mol. The number of benzene rings is 2. The van der Waals surface area contributed by atoms with Gasteiger partial charge in [-0.3, -0.25) is 0 Å².